The van der Waals surface area contributed by atoms with Crippen molar-refractivity contribution in [2.24, 2.45) is 35.3 Å². The zero-order valence-corrected chi connectivity index (χ0v) is 48.1. The van der Waals surface area contributed by atoms with Crippen molar-refractivity contribution in [3.8, 4) is 11.8 Å². The van der Waals surface area contributed by atoms with Gasteiger partial charge in [-0.25, -0.2) is 10.7 Å². The molecule has 1 aliphatic heterocycles. The highest BCUT2D eigenvalue weighted by molar-refractivity contribution is 7.99. The van der Waals surface area contributed by atoms with E-state index in [4.69, 9.17) is 21.1 Å². The number of carboxylic acids is 1. The summed E-state index contributed by atoms with van der Waals surface area (Å²) in [6.07, 6.45) is 1.77. The lowest BCUT2D eigenvalue weighted by Crippen LogP contribution is -2.60. The number of methoxy groups -OCH3 is 2. The average Bonchev–Trinajstić information content (AvgIpc) is 3.98. The number of likely N-dealkylation sites (N-methyl/N-ethyl adjacent to an activating group) is 2. The Bertz CT molecular complexity index is 2300. The van der Waals surface area contributed by atoms with Crippen LogP contribution in [0.3, 0.4) is 0 Å². The molecule has 78 heavy (non-hydrogen) atoms. The summed E-state index contributed by atoms with van der Waals surface area (Å²) >= 11 is 0.996. The van der Waals surface area contributed by atoms with Crippen LogP contribution in [0, 0.1) is 23.7 Å². The van der Waals surface area contributed by atoms with E-state index in [-0.39, 0.29) is 77.8 Å². The number of aromatic hydroxyl groups is 2. The largest absolute Gasteiger partial charge is 0.494 e. The lowest BCUT2D eigenvalue weighted by Gasteiger charge is -2.41. The van der Waals surface area contributed by atoms with Gasteiger partial charge in [-0.1, -0.05) is 91.6 Å². The molecule has 10 N–H and O–H groups in total. The van der Waals surface area contributed by atoms with E-state index in [9.17, 15) is 53.7 Å². The second kappa shape index (κ2) is 32.2. The Labute approximate surface area is 463 Å². The molecule has 1 saturated heterocycles. The summed E-state index contributed by atoms with van der Waals surface area (Å²) in [4.78, 5) is 116. The highest BCUT2D eigenvalue weighted by atomic mass is 32.2. The number of amides is 7. The smallest absolute Gasteiger partial charge is 0.326 e. The van der Waals surface area contributed by atoms with Crippen molar-refractivity contribution >= 4 is 59.1 Å². The number of nitrogens with one attached hydrogen (secondary N) is 3. The van der Waals surface area contributed by atoms with Crippen molar-refractivity contribution in [1.82, 2.24) is 35.2 Å². The molecular weight excluding hydrogens is 1030 g/mol. The van der Waals surface area contributed by atoms with E-state index in [0.717, 1.165) is 17.3 Å². The molecule has 23 nitrogen and oxygen atoms in total. The molecule has 1 fully saturated rings. The van der Waals surface area contributed by atoms with Gasteiger partial charge in [0.05, 0.1) is 41.5 Å². The summed E-state index contributed by atoms with van der Waals surface area (Å²) in [7, 11) is 6.14. The first kappa shape index (κ1) is 66.3. The Morgan fingerprint density at radius 1 is 0.859 bits per heavy atom. The van der Waals surface area contributed by atoms with E-state index >= 15 is 0 Å². The van der Waals surface area contributed by atoms with Crippen LogP contribution in [0.4, 0.5) is 0 Å². The molecule has 1 aromatic heterocycles. The van der Waals surface area contributed by atoms with E-state index < -0.39 is 96.5 Å². The maximum Gasteiger partial charge on any atom is 0.326 e. The number of carboxylic acid groups (broad SMARTS) is 1. The molecule has 24 heteroatoms. The summed E-state index contributed by atoms with van der Waals surface area (Å²) in [6.45, 7) is 13.0. The number of benzene rings is 1. The van der Waals surface area contributed by atoms with Crippen LogP contribution in [0.5, 0.6) is 11.8 Å². The second-order valence-electron chi connectivity index (χ2n) is 20.9. The molecule has 3 rings (SSSR count). The zero-order valence-electron chi connectivity index (χ0n) is 47.3. The highest BCUT2D eigenvalue weighted by Crippen LogP contribution is 2.36. The third-order valence-electron chi connectivity index (χ3n) is 14.7. The monoisotopic (exact) mass is 1120 g/mol. The number of nitrogens with two attached hydrogens (primary N) is 2. The molecule has 0 spiro atoms. The summed E-state index contributed by atoms with van der Waals surface area (Å²) in [5, 5.41) is 39.4. The maximum atomic E-state index is 14.7. The Morgan fingerprint density at radius 3 is 2.09 bits per heavy atom. The minimum atomic E-state index is -1.18. The van der Waals surface area contributed by atoms with Crippen LogP contribution >= 0.6 is 11.8 Å². The number of primary amides is 1. The predicted octanol–water partition coefficient (Wildman–Crippen LogP) is 2.77. The van der Waals surface area contributed by atoms with Crippen molar-refractivity contribution in [2.45, 2.75) is 166 Å². The lowest BCUT2D eigenvalue weighted by atomic mass is 9.89. The van der Waals surface area contributed by atoms with E-state index in [0.29, 0.717) is 45.1 Å². The molecule has 0 bridgehead atoms. The van der Waals surface area contributed by atoms with Crippen molar-refractivity contribution in [3.63, 3.8) is 0 Å². The number of rotatable bonds is 34. The van der Waals surface area contributed by atoms with Gasteiger partial charge in [0.2, 0.25) is 47.2 Å². The number of aliphatic carboxylic acids is 1. The quantitative estimate of drug-likeness (QED) is 0.0284. The zero-order chi connectivity index (χ0) is 58.6. The number of hydrogen-bond acceptors (Lipinski definition) is 15. The topological polar surface area (TPSA) is 328 Å². The summed E-state index contributed by atoms with van der Waals surface area (Å²) in [6, 6.07) is 4.98. The van der Waals surface area contributed by atoms with Crippen molar-refractivity contribution in [3.05, 3.63) is 42.0 Å². The summed E-state index contributed by atoms with van der Waals surface area (Å²) in [5.41, 5.74) is 6.15. The van der Waals surface area contributed by atoms with Gasteiger partial charge in [0.25, 0.3) is 0 Å². The van der Waals surface area contributed by atoms with Gasteiger partial charge in [0, 0.05) is 66.1 Å². The minimum absolute atomic E-state index is 0.0439. The number of aromatic nitrogens is 1. The molecule has 10 unspecified atom stereocenters. The van der Waals surface area contributed by atoms with E-state index in [1.165, 1.54) is 29.8 Å². The number of hydrogen-bond donors (Lipinski definition) is 8. The number of ether oxygens (including phenoxy) is 2. The first-order chi connectivity index (χ1) is 36.8. The lowest BCUT2D eigenvalue weighted by molar-refractivity contribution is -0.149. The Kier molecular flexibility index (Phi) is 27.4. The third-order valence-corrected chi connectivity index (χ3v) is 15.8. The van der Waals surface area contributed by atoms with Crippen molar-refractivity contribution in [2.75, 3.05) is 47.2 Å². The first-order valence-corrected chi connectivity index (χ1v) is 27.7. The number of nitrogens with zero attached hydrogens (tertiary/aromatic N) is 4. The summed E-state index contributed by atoms with van der Waals surface area (Å²) < 4.78 is 13.2. The molecule has 1 aliphatic rings. The Morgan fingerprint density at radius 2 is 1.53 bits per heavy atom. The van der Waals surface area contributed by atoms with Crippen molar-refractivity contribution in [1.29, 1.82) is 0 Å². The number of carbonyl (C=O) groups is 8. The van der Waals surface area contributed by atoms with Crippen LogP contribution in [0.25, 0.3) is 0 Å². The van der Waals surface area contributed by atoms with Gasteiger partial charge >= 0.3 is 5.97 Å². The van der Waals surface area contributed by atoms with Crippen LogP contribution in [0.15, 0.2) is 41.3 Å². The van der Waals surface area contributed by atoms with Gasteiger partial charge in [0.15, 0.2) is 5.88 Å². The second-order valence-corrected chi connectivity index (χ2v) is 22.0. The van der Waals surface area contributed by atoms with Crippen molar-refractivity contribution < 1.29 is 68.0 Å². The molecule has 1 aromatic carbocycles. The number of unbranched alkanes of at least 4 members (excludes halogenated alkanes) is 2. The van der Waals surface area contributed by atoms with Gasteiger partial charge in [-0.05, 0) is 49.0 Å². The number of carbonyl (C=O) groups excluding carboxylic acids is 7. The molecule has 2 heterocycles. The van der Waals surface area contributed by atoms with Crippen LogP contribution in [0.2, 0.25) is 0 Å². The van der Waals surface area contributed by atoms with Gasteiger partial charge in [-0.2, -0.15) is 0 Å². The van der Waals surface area contributed by atoms with E-state index in [2.05, 4.69) is 20.8 Å². The molecule has 438 valence electrons. The molecule has 0 radical (unpaired) electrons. The fourth-order valence-corrected chi connectivity index (χ4v) is 11.1. The molecule has 2 aromatic rings. The SMILES string of the molecule is CCC(C)C(C(CC(=O)N1CCCC1C(OC)C(C)C(=O)NC(Cc1ccccc1)C(=O)O)OC)N(C)C(=O)C(NC(=O)C(C(C)C)N(C)C(=O)CCCCCn1c(O)cc(SCC(NC(=O)CON)C(N)=O)c1O)C(C)C. The van der Waals surface area contributed by atoms with Crippen LogP contribution in [-0.4, -0.2) is 178 Å². The van der Waals surface area contributed by atoms with Gasteiger partial charge in [-0.15, -0.1) is 11.8 Å². The Balaban J connectivity index is 1.66. The van der Waals surface area contributed by atoms with Gasteiger partial charge in [0.1, 0.15) is 30.8 Å². The average molecular weight is 1120 g/mol. The van der Waals surface area contributed by atoms with Gasteiger partial charge in [-0.3, -0.25) is 43.0 Å². The fraction of sp³-hybridized carbons (Fsp3) is 0.667. The molecule has 0 saturated carbocycles. The first-order valence-electron chi connectivity index (χ1n) is 26.7. The van der Waals surface area contributed by atoms with E-state index in [1.54, 1.807) is 55.1 Å². The van der Waals surface area contributed by atoms with Crippen LogP contribution in [0.1, 0.15) is 105 Å². The molecule has 0 aliphatic carbocycles. The third kappa shape index (κ3) is 18.6. The van der Waals surface area contributed by atoms with Gasteiger partial charge < -0.3 is 61.2 Å². The highest BCUT2D eigenvalue weighted by Gasteiger charge is 2.44. The standard InChI is InChI=1S/C54H87N9O14S/c1-12-33(6)47(39(75-10)27-43(66)62-25-19-22-38(62)48(76-11)34(7)50(69)58-36(54(73)74)26-35-20-15-13-16-21-35)61(9)53(72)45(31(2)3)59-51(70)46(32(4)5)60(8)42(65)23-17-14-18-24-63-44(67)28-40(52(63)71)78-30-37(49(55)68)57-41(64)29-77-56/h13,15-16,20-21,28,31-34,36-39,45-48,67,71H,12,14,17-19,22-27,29-30,56H2,1-11H3,(H2,55,68)(H,57,64)(H,58,69)(H,59,70)(H,73,74). The Hall–Kier alpha value is -5.95. The summed E-state index contributed by atoms with van der Waals surface area (Å²) in [5.74, 6) is -1.95. The number of likely N-dealkylation sites (tertiary alicyclic amines) is 1. The molecule has 7 amide bonds. The minimum Gasteiger partial charge on any atom is -0.494 e. The van der Waals surface area contributed by atoms with Crippen LogP contribution < -0.4 is 27.6 Å². The fourth-order valence-electron chi connectivity index (χ4n) is 10.1. The number of thioether (sulfide) groups is 1. The maximum absolute atomic E-state index is 14.7. The van der Waals surface area contributed by atoms with Crippen LogP contribution in [-0.2, 0) is 65.6 Å². The molecule has 10 atom stereocenters. The van der Waals surface area contributed by atoms with E-state index in [1.807, 2.05) is 47.6 Å². The normalized spacial score (nSPS) is 17.0. The molecular formula is C54H87N9O14S. The predicted molar refractivity (Wildman–Crippen MR) is 292 cm³/mol.